The second-order valence-corrected chi connectivity index (χ2v) is 8.21. The highest BCUT2D eigenvalue weighted by molar-refractivity contribution is 9.10. The van der Waals surface area contributed by atoms with Gasteiger partial charge in [-0.05, 0) is 35.3 Å². The highest BCUT2D eigenvalue weighted by Crippen LogP contribution is 2.25. The first kappa shape index (κ1) is 17.1. The predicted molar refractivity (Wildman–Crippen MR) is 110 cm³/mol. The number of rotatable bonds is 3. The third kappa shape index (κ3) is 3.10. The molecule has 2 aromatic carbocycles. The lowest BCUT2D eigenvalue weighted by Crippen LogP contribution is -2.23. The normalized spacial score (nSPS) is 12.4. The molecule has 0 atom stereocenters. The Labute approximate surface area is 163 Å². The molecule has 2 heterocycles. The van der Waals surface area contributed by atoms with Gasteiger partial charge in [0.05, 0.1) is 4.53 Å². The molecule has 0 fully saturated rings. The fraction of sp³-hybridized carbons (Fsp3) is 0.150. The zero-order valence-corrected chi connectivity index (χ0v) is 16.7. The Kier molecular flexibility index (Phi) is 4.46. The van der Waals surface area contributed by atoms with E-state index in [0.717, 1.165) is 15.6 Å². The van der Waals surface area contributed by atoms with Crippen LogP contribution in [0.4, 0.5) is 0 Å². The summed E-state index contributed by atoms with van der Waals surface area (Å²) in [6.45, 7) is 4.33. The molecule has 2 aromatic heterocycles. The molecule has 4 rings (SSSR count). The number of halogens is 1. The maximum atomic E-state index is 12.7. The summed E-state index contributed by atoms with van der Waals surface area (Å²) < 4.78 is 2.92. The van der Waals surface area contributed by atoms with E-state index in [1.165, 1.54) is 21.4 Å². The molecule has 0 aliphatic carbocycles. The molecular formula is C20H16BrN3OS. The molecule has 0 saturated carbocycles. The van der Waals surface area contributed by atoms with Crippen molar-refractivity contribution in [2.24, 2.45) is 0 Å². The van der Waals surface area contributed by atoms with Crippen LogP contribution < -0.4 is 10.1 Å². The third-order valence-electron chi connectivity index (χ3n) is 4.20. The van der Waals surface area contributed by atoms with Gasteiger partial charge in [0.2, 0.25) is 4.96 Å². The van der Waals surface area contributed by atoms with Crippen LogP contribution in [0.5, 0.6) is 0 Å². The molecule has 0 spiro atoms. The largest absolute Gasteiger partial charge is 0.291 e. The van der Waals surface area contributed by atoms with E-state index in [9.17, 15) is 4.79 Å². The monoisotopic (exact) mass is 425 g/mol. The van der Waals surface area contributed by atoms with Crippen molar-refractivity contribution < 1.29 is 0 Å². The van der Waals surface area contributed by atoms with E-state index in [2.05, 4.69) is 52.0 Å². The summed E-state index contributed by atoms with van der Waals surface area (Å²) in [6, 6.07) is 16.0. The second-order valence-electron chi connectivity index (χ2n) is 6.35. The Morgan fingerprint density at radius 3 is 2.50 bits per heavy atom. The summed E-state index contributed by atoms with van der Waals surface area (Å²) in [6.07, 6.45) is 1.89. The molecule has 0 aliphatic rings. The first-order valence-corrected chi connectivity index (χ1v) is 9.90. The molecule has 0 radical (unpaired) electrons. The van der Waals surface area contributed by atoms with E-state index in [-0.39, 0.29) is 5.56 Å². The number of benzene rings is 2. The van der Waals surface area contributed by atoms with Crippen LogP contribution in [0.15, 0.2) is 57.8 Å². The molecule has 4 aromatic rings. The Bertz CT molecular complexity index is 1190. The van der Waals surface area contributed by atoms with E-state index >= 15 is 0 Å². The summed E-state index contributed by atoms with van der Waals surface area (Å²) in [7, 11) is 0. The summed E-state index contributed by atoms with van der Waals surface area (Å²) in [5, 5.41) is 4.40. The van der Waals surface area contributed by atoms with Crippen LogP contribution in [0.2, 0.25) is 0 Å². The van der Waals surface area contributed by atoms with Gasteiger partial charge in [-0.1, -0.05) is 77.5 Å². The molecule has 0 bridgehead atoms. The molecule has 0 aliphatic heterocycles. The zero-order valence-electron chi connectivity index (χ0n) is 14.3. The summed E-state index contributed by atoms with van der Waals surface area (Å²) in [4.78, 5) is 17.8. The Balaban J connectivity index is 1.76. The van der Waals surface area contributed by atoms with Crippen molar-refractivity contribution in [1.29, 1.82) is 0 Å². The average molecular weight is 426 g/mol. The van der Waals surface area contributed by atoms with E-state index in [0.29, 0.717) is 21.2 Å². The van der Waals surface area contributed by atoms with Crippen molar-refractivity contribution in [3.05, 3.63) is 79.0 Å². The summed E-state index contributed by atoms with van der Waals surface area (Å²) in [5.41, 5.74) is 3.02. The molecule has 0 amide bonds. The second kappa shape index (κ2) is 6.78. The van der Waals surface area contributed by atoms with Gasteiger partial charge in [0.25, 0.3) is 5.56 Å². The maximum Gasteiger partial charge on any atom is 0.291 e. The minimum Gasteiger partial charge on any atom is -0.266 e. The van der Waals surface area contributed by atoms with Crippen molar-refractivity contribution in [1.82, 2.24) is 14.6 Å². The lowest BCUT2D eigenvalue weighted by atomic mass is 10.0. The average Bonchev–Trinajstić information content (AvgIpc) is 3.16. The first-order chi connectivity index (χ1) is 12.5. The molecule has 0 N–H and O–H groups in total. The third-order valence-corrected chi connectivity index (χ3v) is 5.85. The molecule has 0 unspecified atom stereocenters. The van der Waals surface area contributed by atoms with Crippen LogP contribution in [0.1, 0.15) is 30.9 Å². The summed E-state index contributed by atoms with van der Waals surface area (Å²) >= 11 is 4.86. The van der Waals surface area contributed by atoms with Gasteiger partial charge < -0.3 is 0 Å². The number of hydrogen-bond acceptors (Lipinski definition) is 4. The van der Waals surface area contributed by atoms with Gasteiger partial charge in [0, 0.05) is 10.0 Å². The van der Waals surface area contributed by atoms with Crippen LogP contribution in [0.3, 0.4) is 0 Å². The van der Waals surface area contributed by atoms with Crippen molar-refractivity contribution in [2.75, 3.05) is 0 Å². The van der Waals surface area contributed by atoms with Crippen molar-refractivity contribution in [3.63, 3.8) is 0 Å². The fourth-order valence-electron chi connectivity index (χ4n) is 2.72. The number of nitrogens with zero attached hydrogens (tertiary/aromatic N) is 3. The van der Waals surface area contributed by atoms with Crippen LogP contribution in [-0.4, -0.2) is 14.6 Å². The van der Waals surface area contributed by atoms with E-state index in [4.69, 9.17) is 0 Å². The first-order valence-electron chi connectivity index (χ1n) is 8.29. The van der Waals surface area contributed by atoms with Gasteiger partial charge in [-0.2, -0.15) is 9.50 Å². The van der Waals surface area contributed by atoms with E-state index < -0.39 is 0 Å². The van der Waals surface area contributed by atoms with E-state index in [1.54, 1.807) is 0 Å². The molecule has 6 heteroatoms. The molecule has 4 nitrogen and oxygen atoms in total. The topological polar surface area (TPSA) is 47.3 Å². The standard InChI is InChI=1S/C20H16BrN3OS/c1-12(2)14-9-7-13(8-10-14)11-17-19(25)24-20(26-17)22-18(23-24)15-5-3-4-6-16(15)21/h3-12H,1-2H3. The lowest BCUT2D eigenvalue weighted by Gasteiger charge is -2.04. The van der Waals surface area contributed by atoms with E-state index in [1.807, 2.05) is 42.5 Å². The minimum atomic E-state index is -0.135. The number of hydrogen-bond donors (Lipinski definition) is 0. The van der Waals surface area contributed by atoms with Gasteiger partial charge >= 0.3 is 0 Å². The molecule has 130 valence electrons. The van der Waals surface area contributed by atoms with Gasteiger partial charge in [-0.3, -0.25) is 4.79 Å². The smallest absolute Gasteiger partial charge is 0.266 e. The summed E-state index contributed by atoms with van der Waals surface area (Å²) in [5.74, 6) is 1.04. The van der Waals surface area contributed by atoms with Gasteiger partial charge in [0.1, 0.15) is 0 Å². The van der Waals surface area contributed by atoms with Crippen LogP contribution in [0.25, 0.3) is 22.4 Å². The molecular weight excluding hydrogens is 410 g/mol. The fourth-order valence-corrected chi connectivity index (χ4v) is 4.09. The van der Waals surface area contributed by atoms with Crippen LogP contribution >= 0.6 is 27.3 Å². The zero-order chi connectivity index (χ0) is 18.3. The molecule has 26 heavy (non-hydrogen) atoms. The van der Waals surface area contributed by atoms with Gasteiger partial charge in [0.15, 0.2) is 5.82 Å². The lowest BCUT2D eigenvalue weighted by molar-refractivity contribution is 0.866. The quantitative estimate of drug-likeness (QED) is 0.492. The van der Waals surface area contributed by atoms with Crippen LogP contribution in [0, 0.1) is 0 Å². The Morgan fingerprint density at radius 1 is 1.12 bits per heavy atom. The maximum absolute atomic E-state index is 12.7. The Hall–Kier alpha value is -2.31. The van der Waals surface area contributed by atoms with Crippen molar-refractivity contribution in [2.45, 2.75) is 19.8 Å². The van der Waals surface area contributed by atoms with Crippen molar-refractivity contribution >= 4 is 38.3 Å². The molecule has 0 saturated heterocycles. The SMILES string of the molecule is CC(C)c1ccc(C=c2sc3nc(-c4ccccc4Br)nn3c2=O)cc1. The number of fused-ring (bicyclic) bond motifs is 1. The highest BCUT2D eigenvalue weighted by Gasteiger charge is 2.13. The number of thiazole rings is 1. The van der Waals surface area contributed by atoms with Crippen LogP contribution in [-0.2, 0) is 0 Å². The Morgan fingerprint density at radius 2 is 1.85 bits per heavy atom. The number of aromatic nitrogens is 3. The van der Waals surface area contributed by atoms with Gasteiger partial charge in [-0.25, -0.2) is 0 Å². The highest BCUT2D eigenvalue weighted by atomic mass is 79.9. The predicted octanol–water partition coefficient (Wildman–Crippen LogP) is 4.25. The van der Waals surface area contributed by atoms with Crippen molar-refractivity contribution in [3.8, 4) is 11.4 Å². The minimum absolute atomic E-state index is 0.135. The van der Waals surface area contributed by atoms with Gasteiger partial charge in [-0.15, -0.1) is 5.10 Å².